The summed E-state index contributed by atoms with van der Waals surface area (Å²) < 4.78 is 0. The lowest BCUT2D eigenvalue weighted by molar-refractivity contribution is 0.0936. The van der Waals surface area contributed by atoms with Gasteiger partial charge in [0.15, 0.2) is 0 Å². The average Bonchev–Trinajstić information content (AvgIpc) is 2.62. The second-order valence-corrected chi connectivity index (χ2v) is 6.43. The van der Waals surface area contributed by atoms with Crippen molar-refractivity contribution in [3.8, 4) is 0 Å². The largest absolute Gasteiger partial charge is 0.350 e. The van der Waals surface area contributed by atoms with Crippen molar-refractivity contribution in [1.82, 2.24) is 15.6 Å². The van der Waals surface area contributed by atoms with Crippen LogP contribution in [-0.2, 0) is 6.54 Å². The number of halogens is 2. The van der Waals surface area contributed by atoms with Gasteiger partial charge in [-0.2, -0.15) is 0 Å². The first-order valence-electron chi connectivity index (χ1n) is 7.89. The zero-order valence-corrected chi connectivity index (χ0v) is 15.5. The van der Waals surface area contributed by atoms with Crippen LogP contribution in [0.5, 0.6) is 0 Å². The van der Waals surface area contributed by atoms with Crippen molar-refractivity contribution in [3.63, 3.8) is 0 Å². The number of benzene rings is 1. The van der Waals surface area contributed by atoms with E-state index in [2.05, 4.69) is 15.6 Å². The molecule has 1 aromatic heterocycles. The maximum Gasteiger partial charge on any atom is 0.253 e. The summed E-state index contributed by atoms with van der Waals surface area (Å²) in [6, 6.07) is 8.69. The van der Waals surface area contributed by atoms with E-state index in [1.807, 2.05) is 19.9 Å². The van der Waals surface area contributed by atoms with E-state index < -0.39 is 0 Å². The standard InChI is InChI=1S/C18H19Cl2N3O2/c1-3-11(2)23-18(25)13-6-4-5-12(7-13)9-22-17(24)14-8-15(19)16(20)21-10-14/h4-8,10-11H,3,9H2,1-2H3,(H,22,24)(H,23,25). The van der Waals surface area contributed by atoms with Crippen LogP contribution in [0.2, 0.25) is 10.2 Å². The Morgan fingerprint density at radius 3 is 2.60 bits per heavy atom. The lowest BCUT2D eigenvalue weighted by Gasteiger charge is -2.12. The van der Waals surface area contributed by atoms with Gasteiger partial charge in [-0.25, -0.2) is 4.98 Å². The monoisotopic (exact) mass is 379 g/mol. The highest BCUT2D eigenvalue weighted by molar-refractivity contribution is 6.41. The third kappa shape index (κ3) is 5.44. The zero-order valence-electron chi connectivity index (χ0n) is 14.0. The summed E-state index contributed by atoms with van der Waals surface area (Å²) >= 11 is 11.6. The molecule has 132 valence electrons. The molecule has 1 heterocycles. The Hall–Kier alpha value is -2.11. The molecule has 2 N–H and O–H groups in total. The smallest absolute Gasteiger partial charge is 0.253 e. The van der Waals surface area contributed by atoms with E-state index in [1.165, 1.54) is 12.3 Å². The average molecular weight is 380 g/mol. The van der Waals surface area contributed by atoms with Gasteiger partial charge in [0.2, 0.25) is 0 Å². The summed E-state index contributed by atoms with van der Waals surface area (Å²) in [5.74, 6) is -0.447. The summed E-state index contributed by atoms with van der Waals surface area (Å²) in [6.45, 7) is 4.24. The van der Waals surface area contributed by atoms with E-state index in [1.54, 1.807) is 18.2 Å². The molecule has 0 aliphatic rings. The fraction of sp³-hybridized carbons (Fsp3) is 0.278. The fourth-order valence-electron chi connectivity index (χ4n) is 2.06. The van der Waals surface area contributed by atoms with E-state index in [0.717, 1.165) is 12.0 Å². The van der Waals surface area contributed by atoms with Crippen molar-refractivity contribution < 1.29 is 9.59 Å². The Balaban J connectivity index is 2.01. The predicted molar refractivity (Wildman–Crippen MR) is 99.1 cm³/mol. The molecule has 0 aliphatic carbocycles. The molecule has 0 spiro atoms. The molecule has 25 heavy (non-hydrogen) atoms. The molecule has 2 amide bonds. The molecule has 0 fully saturated rings. The number of carbonyl (C=O) groups excluding carboxylic acids is 2. The third-order valence-electron chi connectivity index (χ3n) is 3.69. The molecule has 2 aromatic rings. The number of carbonyl (C=O) groups is 2. The second-order valence-electron chi connectivity index (χ2n) is 5.66. The van der Waals surface area contributed by atoms with Gasteiger partial charge >= 0.3 is 0 Å². The van der Waals surface area contributed by atoms with Gasteiger partial charge in [0.25, 0.3) is 11.8 Å². The topological polar surface area (TPSA) is 71.1 Å². The first kappa shape index (κ1) is 19.2. The number of nitrogens with zero attached hydrogens (tertiary/aromatic N) is 1. The predicted octanol–water partition coefficient (Wildman–Crippen LogP) is 3.85. The molecule has 0 saturated carbocycles. The molecular weight excluding hydrogens is 361 g/mol. The maximum atomic E-state index is 12.2. The molecule has 1 atom stereocenters. The molecule has 0 aliphatic heterocycles. The van der Waals surface area contributed by atoms with Gasteiger partial charge in [-0.1, -0.05) is 42.3 Å². The first-order valence-corrected chi connectivity index (χ1v) is 8.65. The fourth-order valence-corrected chi connectivity index (χ4v) is 2.33. The van der Waals surface area contributed by atoms with Crippen molar-refractivity contribution in [3.05, 3.63) is 63.4 Å². The van der Waals surface area contributed by atoms with Gasteiger partial charge in [-0.3, -0.25) is 9.59 Å². The Kier molecular flexibility index (Phi) is 6.79. The minimum atomic E-state index is -0.319. The molecule has 7 heteroatoms. The van der Waals surface area contributed by atoms with Crippen molar-refractivity contribution in [2.75, 3.05) is 0 Å². The highest BCUT2D eigenvalue weighted by atomic mass is 35.5. The molecule has 0 saturated heterocycles. The van der Waals surface area contributed by atoms with Crippen LogP contribution >= 0.6 is 23.2 Å². The van der Waals surface area contributed by atoms with Crippen LogP contribution < -0.4 is 10.6 Å². The SMILES string of the molecule is CCC(C)NC(=O)c1cccc(CNC(=O)c2cnc(Cl)c(Cl)c2)c1. The van der Waals surface area contributed by atoms with E-state index in [9.17, 15) is 9.59 Å². The van der Waals surface area contributed by atoms with Crippen molar-refractivity contribution in [2.45, 2.75) is 32.9 Å². The number of hydrogen-bond donors (Lipinski definition) is 2. The minimum Gasteiger partial charge on any atom is -0.350 e. The number of pyridine rings is 1. The molecule has 1 unspecified atom stereocenters. The van der Waals surface area contributed by atoms with Crippen molar-refractivity contribution in [1.29, 1.82) is 0 Å². The highest BCUT2D eigenvalue weighted by Crippen LogP contribution is 2.19. The number of hydrogen-bond acceptors (Lipinski definition) is 3. The van der Waals surface area contributed by atoms with E-state index >= 15 is 0 Å². The molecular formula is C18H19Cl2N3O2. The molecule has 0 bridgehead atoms. The van der Waals surface area contributed by atoms with Gasteiger partial charge in [-0.05, 0) is 37.1 Å². The van der Waals surface area contributed by atoms with E-state index in [4.69, 9.17) is 23.2 Å². The van der Waals surface area contributed by atoms with Gasteiger partial charge in [0.1, 0.15) is 5.15 Å². The van der Waals surface area contributed by atoms with Crippen molar-refractivity contribution in [2.24, 2.45) is 0 Å². The summed E-state index contributed by atoms with van der Waals surface area (Å²) in [6.07, 6.45) is 2.22. The quantitative estimate of drug-likeness (QED) is 0.748. The summed E-state index contributed by atoms with van der Waals surface area (Å²) in [7, 11) is 0. The number of rotatable bonds is 6. The lowest BCUT2D eigenvalue weighted by atomic mass is 10.1. The van der Waals surface area contributed by atoms with Crippen LogP contribution in [0, 0.1) is 0 Å². The van der Waals surface area contributed by atoms with Crippen molar-refractivity contribution >= 4 is 35.0 Å². The highest BCUT2D eigenvalue weighted by Gasteiger charge is 2.11. The van der Waals surface area contributed by atoms with Crippen LogP contribution in [0.25, 0.3) is 0 Å². The second kappa shape index (κ2) is 8.83. The Bertz CT molecular complexity index is 781. The molecule has 5 nitrogen and oxygen atoms in total. The normalized spacial score (nSPS) is 11.7. The summed E-state index contributed by atoms with van der Waals surface area (Å²) in [5, 5.41) is 6.05. The molecule has 2 rings (SSSR count). The van der Waals surface area contributed by atoms with Gasteiger partial charge in [0.05, 0.1) is 10.6 Å². The summed E-state index contributed by atoms with van der Waals surface area (Å²) in [5.41, 5.74) is 1.70. The lowest BCUT2D eigenvalue weighted by Crippen LogP contribution is -2.32. The molecule has 1 aromatic carbocycles. The number of amides is 2. The van der Waals surface area contributed by atoms with Crippen LogP contribution in [0.4, 0.5) is 0 Å². The Morgan fingerprint density at radius 2 is 1.92 bits per heavy atom. The Morgan fingerprint density at radius 1 is 1.16 bits per heavy atom. The maximum absolute atomic E-state index is 12.2. The minimum absolute atomic E-state index is 0.109. The van der Waals surface area contributed by atoms with Gasteiger partial charge < -0.3 is 10.6 Å². The van der Waals surface area contributed by atoms with Crippen LogP contribution in [0.15, 0.2) is 36.5 Å². The van der Waals surface area contributed by atoms with Crippen LogP contribution in [0.3, 0.4) is 0 Å². The molecule has 0 radical (unpaired) electrons. The number of aromatic nitrogens is 1. The number of nitrogens with one attached hydrogen (secondary N) is 2. The van der Waals surface area contributed by atoms with Crippen LogP contribution in [-0.4, -0.2) is 22.8 Å². The summed E-state index contributed by atoms with van der Waals surface area (Å²) in [4.78, 5) is 28.2. The zero-order chi connectivity index (χ0) is 18.4. The van der Waals surface area contributed by atoms with Gasteiger partial charge in [-0.15, -0.1) is 0 Å². The Labute approximate surface area is 156 Å². The van der Waals surface area contributed by atoms with E-state index in [-0.39, 0.29) is 34.6 Å². The third-order valence-corrected chi connectivity index (χ3v) is 4.38. The van der Waals surface area contributed by atoms with Gasteiger partial charge in [0, 0.05) is 24.3 Å². The first-order chi connectivity index (χ1) is 11.9. The van der Waals surface area contributed by atoms with E-state index in [0.29, 0.717) is 11.1 Å². The van der Waals surface area contributed by atoms with Crippen LogP contribution in [0.1, 0.15) is 46.5 Å².